The predicted molar refractivity (Wildman–Crippen MR) is 75.8 cm³/mol. The van der Waals surface area contributed by atoms with Gasteiger partial charge in [-0.2, -0.15) is 5.10 Å². The molecule has 6 nitrogen and oxygen atoms in total. The van der Waals surface area contributed by atoms with Gasteiger partial charge in [-0.05, 0) is 26.2 Å². The maximum absolute atomic E-state index is 12.0. The number of hydrogen-bond acceptors (Lipinski definition) is 3. The normalized spacial score (nSPS) is 10.8. The molecule has 1 heterocycles. The molecule has 0 spiro atoms. The summed E-state index contributed by atoms with van der Waals surface area (Å²) in [5.41, 5.74) is 1.42. The van der Waals surface area contributed by atoms with Gasteiger partial charge in [-0.25, -0.2) is 0 Å². The molecule has 0 saturated heterocycles. The predicted octanol–water partition coefficient (Wildman–Crippen LogP) is 2.15. The van der Waals surface area contributed by atoms with Gasteiger partial charge in [-0.15, -0.1) is 0 Å². The topological polar surface area (TPSA) is 84.2 Å². The van der Waals surface area contributed by atoms with Gasteiger partial charge in [0.2, 0.25) is 0 Å². The first kappa shape index (κ1) is 16.2. The minimum atomic E-state index is -0.850. The van der Waals surface area contributed by atoms with Gasteiger partial charge in [0, 0.05) is 18.7 Å². The summed E-state index contributed by atoms with van der Waals surface area (Å²) in [6.45, 7) is 6.44. The number of rotatable bonds is 8. The van der Waals surface area contributed by atoms with Crippen molar-refractivity contribution in [3.05, 3.63) is 17.5 Å². The molecule has 1 rings (SSSR count). The fourth-order valence-corrected chi connectivity index (χ4v) is 2.19. The lowest BCUT2D eigenvalue weighted by atomic mass is 10.1. The summed E-state index contributed by atoms with van der Waals surface area (Å²) >= 11 is 0. The van der Waals surface area contributed by atoms with Crippen LogP contribution in [0.15, 0.2) is 6.20 Å². The molecule has 0 radical (unpaired) electrons. The van der Waals surface area contributed by atoms with Crippen LogP contribution in [0.4, 0.5) is 0 Å². The molecule has 0 atom stereocenters. The van der Waals surface area contributed by atoms with Crippen LogP contribution >= 0.6 is 0 Å². The van der Waals surface area contributed by atoms with Crippen LogP contribution in [0.2, 0.25) is 0 Å². The second-order valence-corrected chi connectivity index (χ2v) is 4.81. The van der Waals surface area contributed by atoms with E-state index in [4.69, 9.17) is 5.11 Å². The number of amides is 1. The Kier molecular flexibility index (Phi) is 6.21. The molecule has 2 N–H and O–H groups in total. The Morgan fingerprint density at radius 2 is 2.05 bits per heavy atom. The zero-order valence-corrected chi connectivity index (χ0v) is 12.3. The van der Waals surface area contributed by atoms with Crippen molar-refractivity contribution in [1.29, 1.82) is 0 Å². The number of nitrogens with one attached hydrogen (secondary N) is 1. The number of aliphatic carboxylic acids is 1. The van der Waals surface area contributed by atoms with Gasteiger partial charge in [0.15, 0.2) is 0 Å². The highest BCUT2D eigenvalue weighted by molar-refractivity contribution is 5.95. The van der Waals surface area contributed by atoms with Crippen molar-refractivity contribution in [1.82, 2.24) is 15.1 Å². The van der Waals surface area contributed by atoms with Gasteiger partial charge in [0.1, 0.15) is 0 Å². The fourth-order valence-electron chi connectivity index (χ4n) is 2.19. The van der Waals surface area contributed by atoms with E-state index >= 15 is 0 Å². The van der Waals surface area contributed by atoms with Crippen molar-refractivity contribution < 1.29 is 14.7 Å². The van der Waals surface area contributed by atoms with E-state index in [-0.39, 0.29) is 12.3 Å². The Hall–Kier alpha value is -1.85. The van der Waals surface area contributed by atoms with E-state index in [9.17, 15) is 9.59 Å². The second-order valence-electron chi connectivity index (χ2n) is 4.81. The third-order valence-electron chi connectivity index (χ3n) is 3.43. The van der Waals surface area contributed by atoms with Crippen LogP contribution in [0, 0.1) is 6.92 Å². The molecule has 0 aromatic carbocycles. The Balaban J connectivity index is 2.63. The maximum Gasteiger partial charge on any atom is 0.303 e. The van der Waals surface area contributed by atoms with Gasteiger partial charge in [-0.3, -0.25) is 14.3 Å². The second kappa shape index (κ2) is 7.67. The van der Waals surface area contributed by atoms with Crippen molar-refractivity contribution in [2.75, 3.05) is 6.54 Å². The smallest absolute Gasteiger partial charge is 0.303 e. The average Bonchev–Trinajstić information content (AvgIpc) is 2.78. The summed E-state index contributed by atoms with van der Waals surface area (Å²) in [5.74, 6) is -1.04. The van der Waals surface area contributed by atoms with Crippen LogP contribution in [0.25, 0.3) is 0 Å². The van der Waals surface area contributed by atoms with E-state index in [1.165, 1.54) is 0 Å². The van der Waals surface area contributed by atoms with Crippen LogP contribution in [0.3, 0.4) is 0 Å². The van der Waals surface area contributed by atoms with Crippen molar-refractivity contribution in [2.45, 2.75) is 52.5 Å². The number of carboxylic acid groups (broad SMARTS) is 1. The lowest BCUT2D eigenvalue weighted by Crippen LogP contribution is -2.25. The molecular formula is C14H23N3O3. The largest absolute Gasteiger partial charge is 0.481 e. The Morgan fingerprint density at radius 1 is 1.40 bits per heavy atom. The molecule has 1 aromatic rings. The van der Waals surface area contributed by atoms with E-state index in [0.717, 1.165) is 18.5 Å². The molecule has 0 unspecified atom stereocenters. The zero-order valence-electron chi connectivity index (χ0n) is 12.3. The Labute approximate surface area is 119 Å². The average molecular weight is 281 g/mol. The molecule has 0 aliphatic carbocycles. The summed E-state index contributed by atoms with van der Waals surface area (Å²) < 4.78 is 1.90. The number of carboxylic acids is 1. The molecule has 0 aliphatic heterocycles. The Morgan fingerprint density at radius 3 is 2.60 bits per heavy atom. The monoisotopic (exact) mass is 281 g/mol. The van der Waals surface area contributed by atoms with E-state index in [1.54, 1.807) is 6.20 Å². The molecule has 20 heavy (non-hydrogen) atoms. The number of nitrogens with zero attached hydrogens (tertiary/aromatic N) is 2. The van der Waals surface area contributed by atoms with Gasteiger partial charge >= 0.3 is 5.97 Å². The molecule has 1 amide bonds. The molecule has 1 aromatic heterocycles. The highest BCUT2D eigenvalue weighted by Crippen LogP contribution is 2.19. The fraction of sp³-hybridized carbons (Fsp3) is 0.643. The van der Waals surface area contributed by atoms with Gasteiger partial charge in [-0.1, -0.05) is 13.8 Å². The number of carbonyl (C=O) groups is 2. The molecule has 0 fully saturated rings. The molecule has 0 bridgehead atoms. The molecule has 0 saturated carbocycles. The minimum Gasteiger partial charge on any atom is -0.481 e. The summed E-state index contributed by atoms with van der Waals surface area (Å²) in [4.78, 5) is 22.4. The maximum atomic E-state index is 12.0. The standard InChI is InChI=1S/C14H23N3O3/c1-4-11(5-2)17-10(3)12(9-16-17)14(20)15-8-6-7-13(18)19/h9,11H,4-8H2,1-3H3,(H,15,20)(H,18,19). The van der Waals surface area contributed by atoms with E-state index in [0.29, 0.717) is 24.6 Å². The molecule has 6 heteroatoms. The van der Waals surface area contributed by atoms with Crippen LogP contribution in [0.1, 0.15) is 61.6 Å². The highest BCUT2D eigenvalue weighted by atomic mass is 16.4. The van der Waals surface area contributed by atoms with Crippen LogP contribution in [-0.4, -0.2) is 33.3 Å². The van der Waals surface area contributed by atoms with E-state index in [2.05, 4.69) is 24.3 Å². The van der Waals surface area contributed by atoms with Crippen LogP contribution in [0.5, 0.6) is 0 Å². The van der Waals surface area contributed by atoms with Gasteiger partial charge in [0.05, 0.1) is 17.8 Å². The van der Waals surface area contributed by atoms with Crippen molar-refractivity contribution in [3.8, 4) is 0 Å². The van der Waals surface area contributed by atoms with Crippen LogP contribution in [-0.2, 0) is 4.79 Å². The first-order valence-electron chi connectivity index (χ1n) is 7.05. The summed E-state index contributed by atoms with van der Waals surface area (Å²) in [6.07, 6.45) is 4.02. The lowest BCUT2D eigenvalue weighted by Gasteiger charge is -2.15. The van der Waals surface area contributed by atoms with Crippen LogP contribution < -0.4 is 5.32 Å². The van der Waals surface area contributed by atoms with Gasteiger partial charge in [0.25, 0.3) is 5.91 Å². The van der Waals surface area contributed by atoms with Crippen molar-refractivity contribution in [3.63, 3.8) is 0 Å². The van der Waals surface area contributed by atoms with E-state index in [1.807, 2.05) is 11.6 Å². The van der Waals surface area contributed by atoms with Crippen molar-refractivity contribution >= 4 is 11.9 Å². The van der Waals surface area contributed by atoms with Crippen molar-refractivity contribution in [2.24, 2.45) is 0 Å². The third-order valence-corrected chi connectivity index (χ3v) is 3.43. The number of carbonyl (C=O) groups excluding carboxylic acids is 1. The third kappa shape index (κ3) is 4.08. The summed E-state index contributed by atoms with van der Waals surface area (Å²) in [7, 11) is 0. The molecular weight excluding hydrogens is 258 g/mol. The lowest BCUT2D eigenvalue weighted by molar-refractivity contribution is -0.137. The van der Waals surface area contributed by atoms with E-state index < -0.39 is 5.97 Å². The minimum absolute atomic E-state index is 0.0618. The highest BCUT2D eigenvalue weighted by Gasteiger charge is 2.17. The zero-order chi connectivity index (χ0) is 15.1. The molecule has 112 valence electrons. The quantitative estimate of drug-likeness (QED) is 0.715. The summed E-state index contributed by atoms with van der Waals surface area (Å²) in [6, 6.07) is 0.309. The summed E-state index contributed by atoms with van der Waals surface area (Å²) in [5, 5.41) is 15.6. The Bertz CT molecular complexity index is 464. The number of aromatic nitrogens is 2. The number of hydrogen-bond donors (Lipinski definition) is 2. The first-order chi connectivity index (χ1) is 9.51. The first-order valence-corrected chi connectivity index (χ1v) is 7.05. The molecule has 0 aliphatic rings. The SMILES string of the molecule is CCC(CC)n1ncc(C(=O)NCCCC(=O)O)c1C. The van der Waals surface area contributed by atoms with Gasteiger partial charge < -0.3 is 10.4 Å².